The number of Topliss-reactive ketones (excluding diaryl/α,β-unsaturated/α-hetero) is 1. The minimum atomic E-state index is -0.0686. The molecule has 0 unspecified atom stereocenters. The zero-order chi connectivity index (χ0) is 20.4. The van der Waals surface area contributed by atoms with Gasteiger partial charge in [0.05, 0.1) is 11.0 Å². The summed E-state index contributed by atoms with van der Waals surface area (Å²) in [7, 11) is 1.79. The maximum absolute atomic E-state index is 12.7. The van der Waals surface area contributed by atoms with Gasteiger partial charge in [-0.2, -0.15) is 5.10 Å². The third-order valence-electron chi connectivity index (χ3n) is 5.67. The van der Waals surface area contributed by atoms with Gasteiger partial charge in [0.2, 0.25) is 0 Å². The van der Waals surface area contributed by atoms with E-state index < -0.39 is 0 Å². The van der Waals surface area contributed by atoms with Gasteiger partial charge in [-0.25, -0.2) is 0 Å². The molecule has 2 aliphatic heterocycles. The second kappa shape index (κ2) is 8.67. The number of hydrogen-bond donors (Lipinski definition) is 0. The number of carbonyl (C=O) groups excluding carboxylic acids is 2. The zero-order valence-corrected chi connectivity index (χ0v) is 18.3. The van der Waals surface area contributed by atoms with Gasteiger partial charge in [-0.05, 0) is 53.0 Å². The highest BCUT2D eigenvalue weighted by Crippen LogP contribution is 2.21. The summed E-state index contributed by atoms with van der Waals surface area (Å²) in [6.45, 7) is 5.17. The Kier molecular flexibility index (Phi) is 6.01. The fraction of sp³-hybridized carbons (Fsp3) is 0.476. The maximum Gasteiger partial charge on any atom is 0.275 e. The number of aromatic nitrogens is 2. The van der Waals surface area contributed by atoms with Gasteiger partial charge in [-0.1, -0.05) is 0 Å². The summed E-state index contributed by atoms with van der Waals surface area (Å²) in [6.07, 6.45) is 4.26. The predicted octanol–water partition coefficient (Wildman–Crippen LogP) is 2.42. The second-order valence-electron chi connectivity index (χ2n) is 7.73. The molecule has 2 saturated heterocycles. The summed E-state index contributed by atoms with van der Waals surface area (Å²) in [5, 5.41) is 4.24. The van der Waals surface area contributed by atoms with E-state index in [-0.39, 0.29) is 11.7 Å². The molecule has 0 radical (unpaired) electrons. The van der Waals surface area contributed by atoms with E-state index in [2.05, 4.69) is 43.0 Å². The number of hydrogen-bond acceptors (Lipinski definition) is 5. The number of nitrogens with zero attached hydrogens (tertiary/aromatic N) is 5. The molecule has 1 aromatic heterocycles. The summed E-state index contributed by atoms with van der Waals surface area (Å²) in [5.41, 5.74) is 2.39. The van der Waals surface area contributed by atoms with Crippen LogP contribution in [0.5, 0.6) is 0 Å². The van der Waals surface area contributed by atoms with Crippen LogP contribution in [-0.2, 0) is 7.05 Å². The first-order valence-electron chi connectivity index (χ1n) is 10.1. The van der Waals surface area contributed by atoms with Crippen LogP contribution in [-0.4, -0.2) is 77.1 Å². The van der Waals surface area contributed by atoms with Gasteiger partial charge in [0.1, 0.15) is 0 Å². The summed E-state index contributed by atoms with van der Waals surface area (Å²) in [4.78, 5) is 31.6. The minimum absolute atomic E-state index is 0.0686. The zero-order valence-electron chi connectivity index (χ0n) is 16.7. The van der Waals surface area contributed by atoms with Crippen molar-refractivity contribution in [3.05, 3.63) is 46.2 Å². The molecule has 0 spiro atoms. The molecule has 4 rings (SSSR count). The fourth-order valence-electron chi connectivity index (χ4n) is 3.99. The monoisotopic (exact) mass is 459 g/mol. The van der Waals surface area contributed by atoms with Crippen LogP contribution in [0.15, 0.2) is 34.9 Å². The van der Waals surface area contributed by atoms with E-state index in [1.54, 1.807) is 22.8 Å². The number of piperazine rings is 1. The average molecular weight is 460 g/mol. The van der Waals surface area contributed by atoms with Crippen molar-refractivity contribution in [2.75, 3.05) is 50.7 Å². The Morgan fingerprint density at radius 1 is 1.00 bits per heavy atom. The second-order valence-corrected chi connectivity index (χ2v) is 8.59. The lowest BCUT2D eigenvalue weighted by atomic mass is 10.1. The van der Waals surface area contributed by atoms with Crippen molar-refractivity contribution in [2.24, 2.45) is 7.05 Å². The van der Waals surface area contributed by atoms with Gasteiger partial charge in [0, 0.05) is 63.8 Å². The van der Waals surface area contributed by atoms with E-state index >= 15 is 0 Å². The van der Waals surface area contributed by atoms with Crippen molar-refractivity contribution in [3.63, 3.8) is 0 Å². The fourth-order valence-corrected chi connectivity index (χ4v) is 4.54. The molecule has 8 heteroatoms. The van der Waals surface area contributed by atoms with Gasteiger partial charge in [0.15, 0.2) is 11.5 Å². The molecule has 3 heterocycles. The van der Waals surface area contributed by atoms with Crippen LogP contribution in [0.1, 0.15) is 33.7 Å². The van der Waals surface area contributed by atoms with Gasteiger partial charge < -0.3 is 9.80 Å². The Bertz CT molecular complexity index is 881. The highest BCUT2D eigenvalue weighted by atomic mass is 79.9. The molecule has 29 heavy (non-hydrogen) atoms. The minimum Gasteiger partial charge on any atom is -0.372 e. The van der Waals surface area contributed by atoms with Crippen molar-refractivity contribution in [1.82, 2.24) is 19.6 Å². The van der Waals surface area contributed by atoms with Crippen LogP contribution in [0.2, 0.25) is 0 Å². The standard InChI is InChI=1S/C21H26BrN5O2/c1-24-14-18(22)20(23-24)21(29)27-12-10-25(11-13-27)15-19(28)16-4-6-17(7-5-16)26-8-2-3-9-26/h4-7,14H,2-3,8-13,15H2,1H3. The highest BCUT2D eigenvalue weighted by Gasteiger charge is 2.26. The molecule has 1 amide bonds. The smallest absolute Gasteiger partial charge is 0.275 e. The van der Waals surface area contributed by atoms with E-state index in [4.69, 9.17) is 0 Å². The molecular weight excluding hydrogens is 434 g/mol. The number of anilines is 1. The van der Waals surface area contributed by atoms with E-state index in [1.165, 1.54) is 18.5 Å². The first-order chi connectivity index (χ1) is 14.0. The predicted molar refractivity (Wildman–Crippen MR) is 115 cm³/mol. The lowest BCUT2D eigenvalue weighted by Crippen LogP contribution is -2.50. The number of amides is 1. The largest absolute Gasteiger partial charge is 0.372 e. The molecule has 0 bridgehead atoms. The van der Waals surface area contributed by atoms with Gasteiger partial charge >= 0.3 is 0 Å². The lowest BCUT2D eigenvalue weighted by Gasteiger charge is -2.34. The van der Waals surface area contributed by atoms with Gasteiger partial charge in [0.25, 0.3) is 5.91 Å². The first-order valence-corrected chi connectivity index (χ1v) is 10.9. The Morgan fingerprint density at radius 3 is 2.24 bits per heavy atom. The number of rotatable bonds is 5. The van der Waals surface area contributed by atoms with Crippen LogP contribution < -0.4 is 4.90 Å². The Balaban J connectivity index is 1.29. The molecular formula is C21H26BrN5O2. The van der Waals surface area contributed by atoms with Gasteiger partial charge in [-0.15, -0.1) is 0 Å². The van der Waals surface area contributed by atoms with Crippen molar-refractivity contribution >= 4 is 33.3 Å². The molecule has 2 aliphatic rings. The van der Waals surface area contributed by atoms with Crippen LogP contribution in [0.4, 0.5) is 5.69 Å². The number of halogens is 1. The van der Waals surface area contributed by atoms with Gasteiger partial charge in [-0.3, -0.25) is 19.2 Å². The molecule has 2 aromatic rings. The number of benzene rings is 1. The SMILES string of the molecule is Cn1cc(Br)c(C(=O)N2CCN(CC(=O)c3ccc(N4CCCC4)cc3)CC2)n1. The summed E-state index contributed by atoms with van der Waals surface area (Å²) in [5.74, 6) is 0.0613. The Labute approximate surface area is 179 Å². The molecule has 0 N–H and O–H groups in total. The lowest BCUT2D eigenvalue weighted by molar-refractivity contribution is 0.0617. The molecule has 0 saturated carbocycles. The third-order valence-corrected chi connectivity index (χ3v) is 6.25. The van der Waals surface area contributed by atoms with E-state index in [0.717, 1.165) is 18.7 Å². The van der Waals surface area contributed by atoms with Crippen LogP contribution in [0.25, 0.3) is 0 Å². The van der Waals surface area contributed by atoms with E-state index in [1.807, 2.05) is 12.1 Å². The molecule has 0 aliphatic carbocycles. The molecule has 1 aromatic carbocycles. The normalized spacial score (nSPS) is 17.7. The van der Waals surface area contributed by atoms with Crippen LogP contribution >= 0.6 is 15.9 Å². The average Bonchev–Trinajstić information content (AvgIpc) is 3.38. The van der Waals surface area contributed by atoms with Crippen molar-refractivity contribution < 1.29 is 9.59 Å². The van der Waals surface area contributed by atoms with E-state index in [9.17, 15) is 9.59 Å². The Morgan fingerprint density at radius 2 is 1.66 bits per heavy atom. The van der Waals surface area contributed by atoms with Crippen LogP contribution in [0, 0.1) is 0 Å². The first kappa shape index (κ1) is 20.1. The Hall–Kier alpha value is -2.19. The molecule has 2 fully saturated rings. The number of aryl methyl sites for hydroxylation is 1. The maximum atomic E-state index is 12.7. The molecule has 7 nitrogen and oxygen atoms in total. The van der Waals surface area contributed by atoms with Crippen molar-refractivity contribution in [2.45, 2.75) is 12.8 Å². The highest BCUT2D eigenvalue weighted by molar-refractivity contribution is 9.10. The topological polar surface area (TPSA) is 61.7 Å². The molecule has 154 valence electrons. The van der Waals surface area contributed by atoms with Crippen LogP contribution in [0.3, 0.4) is 0 Å². The quantitative estimate of drug-likeness (QED) is 0.642. The molecule has 0 atom stereocenters. The summed E-state index contributed by atoms with van der Waals surface area (Å²) < 4.78 is 2.33. The number of carbonyl (C=O) groups is 2. The van der Waals surface area contributed by atoms with Crippen molar-refractivity contribution in [3.8, 4) is 0 Å². The van der Waals surface area contributed by atoms with E-state index in [0.29, 0.717) is 42.9 Å². The summed E-state index contributed by atoms with van der Waals surface area (Å²) in [6, 6.07) is 7.99. The van der Waals surface area contributed by atoms with Crippen molar-refractivity contribution in [1.29, 1.82) is 0 Å². The summed E-state index contributed by atoms with van der Waals surface area (Å²) >= 11 is 3.39. The third kappa shape index (κ3) is 4.53. The number of ketones is 1.